The number of thioether (sulfide) groups is 1. The van der Waals surface area contributed by atoms with Crippen LogP contribution in [-0.4, -0.2) is 29.9 Å². The molecule has 0 amide bonds. The molecule has 1 atom stereocenters. The first-order chi connectivity index (χ1) is 11.1. The van der Waals surface area contributed by atoms with Crippen LogP contribution in [0.5, 0.6) is 5.75 Å². The summed E-state index contributed by atoms with van der Waals surface area (Å²) in [5, 5.41) is 8.79. The van der Waals surface area contributed by atoms with E-state index in [0.29, 0.717) is 5.75 Å². The van der Waals surface area contributed by atoms with Gasteiger partial charge in [-0.15, -0.1) is 0 Å². The standard InChI is InChI=1S/C16H16F2O4S/c17-16(18)22-12-5-3-11(4-6-12)15(23-9-7-19)10-13(20)14-2-1-8-21-14/h1-6,8,15-16,19H,7,9-10H2/t15-/m0/s1. The zero-order valence-electron chi connectivity index (χ0n) is 12.2. The molecule has 0 unspecified atom stereocenters. The van der Waals surface area contributed by atoms with Crippen LogP contribution in [0.3, 0.4) is 0 Å². The number of alkyl halides is 2. The number of Topliss-reactive ketones (excluding diaryl/α,β-unsaturated/α-hetero) is 1. The zero-order valence-corrected chi connectivity index (χ0v) is 13.0. The van der Waals surface area contributed by atoms with Gasteiger partial charge < -0.3 is 14.3 Å². The third-order valence-corrected chi connectivity index (χ3v) is 4.31. The van der Waals surface area contributed by atoms with Gasteiger partial charge in [0, 0.05) is 17.4 Å². The van der Waals surface area contributed by atoms with Crippen molar-refractivity contribution in [2.24, 2.45) is 0 Å². The molecule has 4 nitrogen and oxygen atoms in total. The van der Waals surface area contributed by atoms with Crippen molar-refractivity contribution in [1.82, 2.24) is 0 Å². The summed E-state index contributed by atoms with van der Waals surface area (Å²) in [6, 6.07) is 9.39. The number of halogens is 2. The van der Waals surface area contributed by atoms with Crippen molar-refractivity contribution in [1.29, 1.82) is 0 Å². The molecule has 1 aromatic carbocycles. The second-order valence-corrected chi connectivity index (χ2v) is 5.95. The number of benzene rings is 1. The molecule has 2 aromatic rings. The van der Waals surface area contributed by atoms with Gasteiger partial charge in [-0.25, -0.2) is 0 Å². The lowest BCUT2D eigenvalue weighted by atomic mass is 10.1. The lowest BCUT2D eigenvalue weighted by molar-refractivity contribution is -0.0498. The summed E-state index contributed by atoms with van der Waals surface area (Å²) in [4.78, 5) is 12.2. The summed E-state index contributed by atoms with van der Waals surface area (Å²) < 4.78 is 33.7. The number of hydrogen-bond acceptors (Lipinski definition) is 5. The largest absolute Gasteiger partial charge is 0.461 e. The zero-order chi connectivity index (χ0) is 16.7. The van der Waals surface area contributed by atoms with Gasteiger partial charge in [0.05, 0.1) is 12.9 Å². The number of rotatable bonds is 9. The quantitative estimate of drug-likeness (QED) is 0.700. The first-order valence-corrected chi connectivity index (χ1v) is 7.99. The molecular formula is C16H16F2O4S. The fraction of sp³-hybridized carbons (Fsp3) is 0.312. The van der Waals surface area contributed by atoms with E-state index in [9.17, 15) is 13.6 Å². The predicted molar refractivity (Wildman–Crippen MR) is 83.0 cm³/mol. The highest BCUT2D eigenvalue weighted by Crippen LogP contribution is 2.34. The van der Waals surface area contributed by atoms with Crippen molar-refractivity contribution in [2.45, 2.75) is 18.3 Å². The van der Waals surface area contributed by atoms with Crippen LogP contribution in [-0.2, 0) is 0 Å². The van der Waals surface area contributed by atoms with E-state index in [1.165, 1.54) is 30.2 Å². The Labute approximate surface area is 136 Å². The molecule has 0 aliphatic rings. The second-order valence-electron chi connectivity index (χ2n) is 4.64. The van der Waals surface area contributed by atoms with Crippen LogP contribution in [0.1, 0.15) is 27.8 Å². The molecule has 7 heteroatoms. The molecule has 2 rings (SSSR count). The van der Waals surface area contributed by atoms with Crippen LogP contribution in [0.4, 0.5) is 8.78 Å². The van der Waals surface area contributed by atoms with Crippen LogP contribution >= 0.6 is 11.8 Å². The maximum atomic E-state index is 12.2. The Morgan fingerprint density at radius 1 is 1.26 bits per heavy atom. The molecule has 23 heavy (non-hydrogen) atoms. The first kappa shape index (κ1) is 17.5. The molecular weight excluding hydrogens is 326 g/mol. The number of furan rings is 1. The van der Waals surface area contributed by atoms with Gasteiger partial charge in [0.15, 0.2) is 11.5 Å². The molecule has 0 saturated heterocycles. The third-order valence-electron chi connectivity index (χ3n) is 3.05. The normalized spacial score (nSPS) is 12.3. The average molecular weight is 342 g/mol. The fourth-order valence-corrected chi connectivity index (χ4v) is 3.05. The SMILES string of the molecule is O=C(C[C@H](SCCO)c1ccc(OC(F)F)cc1)c1ccco1. The number of carbonyl (C=O) groups is 1. The number of ether oxygens (including phenoxy) is 1. The van der Waals surface area contributed by atoms with Gasteiger partial charge in [-0.2, -0.15) is 20.5 Å². The molecule has 1 heterocycles. The summed E-state index contributed by atoms with van der Waals surface area (Å²) in [5.41, 5.74) is 0.796. The highest BCUT2D eigenvalue weighted by Gasteiger charge is 2.19. The summed E-state index contributed by atoms with van der Waals surface area (Å²) in [6.07, 6.45) is 1.62. The number of aliphatic hydroxyl groups is 1. The van der Waals surface area contributed by atoms with Crippen LogP contribution in [0, 0.1) is 0 Å². The first-order valence-electron chi connectivity index (χ1n) is 6.94. The van der Waals surface area contributed by atoms with Crippen molar-refractivity contribution in [3.05, 3.63) is 54.0 Å². The molecule has 0 aliphatic carbocycles. The maximum Gasteiger partial charge on any atom is 0.387 e. The molecule has 124 valence electrons. The summed E-state index contributed by atoms with van der Waals surface area (Å²) in [6.45, 7) is -2.89. The fourth-order valence-electron chi connectivity index (χ4n) is 2.04. The average Bonchev–Trinajstić information content (AvgIpc) is 3.06. The van der Waals surface area contributed by atoms with Gasteiger partial charge in [0.1, 0.15) is 5.75 Å². The second kappa shape index (κ2) is 8.69. The van der Waals surface area contributed by atoms with E-state index >= 15 is 0 Å². The molecule has 0 saturated carbocycles. The van der Waals surface area contributed by atoms with Crippen molar-refractivity contribution >= 4 is 17.5 Å². The van der Waals surface area contributed by atoms with E-state index in [-0.39, 0.29) is 35.6 Å². The molecule has 0 spiro atoms. The van der Waals surface area contributed by atoms with E-state index in [0.717, 1.165) is 5.56 Å². The number of hydrogen-bond donors (Lipinski definition) is 1. The highest BCUT2D eigenvalue weighted by atomic mass is 32.2. The lowest BCUT2D eigenvalue weighted by Gasteiger charge is -2.16. The van der Waals surface area contributed by atoms with E-state index in [1.54, 1.807) is 24.3 Å². The Morgan fingerprint density at radius 3 is 2.57 bits per heavy atom. The van der Waals surface area contributed by atoms with E-state index in [2.05, 4.69) is 4.74 Å². The Balaban J connectivity index is 2.09. The van der Waals surface area contributed by atoms with Crippen molar-refractivity contribution in [3.63, 3.8) is 0 Å². The lowest BCUT2D eigenvalue weighted by Crippen LogP contribution is -2.06. The monoisotopic (exact) mass is 342 g/mol. The minimum atomic E-state index is -2.87. The van der Waals surface area contributed by atoms with Gasteiger partial charge in [0.25, 0.3) is 0 Å². The van der Waals surface area contributed by atoms with Gasteiger partial charge >= 0.3 is 6.61 Å². The maximum absolute atomic E-state index is 12.2. The van der Waals surface area contributed by atoms with Gasteiger partial charge in [-0.1, -0.05) is 12.1 Å². The highest BCUT2D eigenvalue weighted by molar-refractivity contribution is 7.99. The molecule has 0 aliphatic heterocycles. The van der Waals surface area contributed by atoms with Crippen LogP contribution in [0.25, 0.3) is 0 Å². The Kier molecular flexibility index (Phi) is 6.61. The predicted octanol–water partition coefficient (Wildman–Crippen LogP) is 3.92. The van der Waals surface area contributed by atoms with Crippen LogP contribution < -0.4 is 4.74 Å². The number of carbonyl (C=O) groups excluding carboxylic acids is 1. The van der Waals surface area contributed by atoms with Crippen molar-refractivity contribution in [2.75, 3.05) is 12.4 Å². The minimum Gasteiger partial charge on any atom is -0.461 e. The minimum absolute atomic E-state index is 0.0112. The Bertz CT molecular complexity index is 599. The topological polar surface area (TPSA) is 59.7 Å². The van der Waals surface area contributed by atoms with Gasteiger partial charge in [-0.05, 0) is 29.8 Å². The molecule has 0 bridgehead atoms. The molecule has 1 aromatic heterocycles. The summed E-state index contributed by atoms with van der Waals surface area (Å²) in [5.74, 6) is 0.647. The molecule has 0 fully saturated rings. The smallest absolute Gasteiger partial charge is 0.387 e. The number of ketones is 1. The van der Waals surface area contributed by atoms with Crippen LogP contribution in [0.2, 0.25) is 0 Å². The van der Waals surface area contributed by atoms with Crippen LogP contribution in [0.15, 0.2) is 47.1 Å². The molecule has 0 radical (unpaired) electrons. The van der Waals surface area contributed by atoms with Crippen molar-refractivity contribution in [3.8, 4) is 5.75 Å². The third kappa shape index (κ3) is 5.37. The Hall–Kier alpha value is -1.86. The van der Waals surface area contributed by atoms with E-state index < -0.39 is 6.61 Å². The van der Waals surface area contributed by atoms with E-state index in [4.69, 9.17) is 9.52 Å². The van der Waals surface area contributed by atoms with E-state index in [1.807, 2.05) is 0 Å². The summed E-state index contributed by atoms with van der Waals surface area (Å²) in [7, 11) is 0. The molecule has 1 N–H and O–H groups in total. The van der Waals surface area contributed by atoms with Gasteiger partial charge in [0.2, 0.25) is 0 Å². The van der Waals surface area contributed by atoms with Gasteiger partial charge in [-0.3, -0.25) is 4.79 Å². The number of aliphatic hydroxyl groups excluding tert-OH is 1. The van der Waals surface area contributed by atoms with Crippen molar-refractivity contribution < 1.29 is 27.8 Å². The summed E-state index contributed by atoms with van der Waals surface area (Å²) >= 11 is 1.42. The Morgan fingerprint density at radius 2 is 2.00 bits per heavy atom.